The zero-order chi connectivity index (χ0) is 18.6. The fraction of sp³-hybridized carbons (Fsp3) is 0.375. The van der Waals surface area contributed by atoms with Gasteiger partial charge in [0.15, 0.2) is 0 Å². The van der Waals surface area contributed by atoms with E-state index in [2.05, 4.69) is 4.74 Å². The summed E-state index contributed by atoms with van der Waals surface area (Å²) in [5.74, 6) is -1.55. The molecule has 0 radical (unpaired) electrons. The minimum absolute atomic E-state index is 0.158. The van der Waals surface area contributed by atoms with Crippen molar-refractivity contribution in [3.63, 3.8) is 0 Å². The van der Waals surface area contributed by atoms with E-state index in [4.69, 9.17) is 9.47 Å². The highest BCUT2D eigenvalue weighted by molar-refractivity contribution is 5.92. The zero-order valence-electron chi connectivity index (χ0n) is 14.1. The summed E-state index contributed by atoms with van der Waals surface area (Å²) >= 11 is 0. The summed E-state index contributed by atoms with van der Waals surface area (Å²) in [6, 6.07) is 4.99. The monoisotopic (exact) mass is 352 g/mol. The van der Waals surface area contributed by atoms with Gasteiger partial charge in [-0.15, -0.1) is 0 Å². The van der Waals surface area contributed by atoms with Crippen molar-refractivity contribution in [2.75, 3.05) is 28.0 Å². The smallest absolute Gasteiger partial charge is 0.421 e. The molecule has 0 spiro atoms. The summed E-state index contributed by atoms with van der Waals surface area (Å²) in [6.07, 6.45) is 0.516. The van der Waals surface area contributed by atoms with Gasteiger partial charge in [0.25, 0.3) is 6.47 Å². The van der Waals surface area contributed by atoms with Crippen molar-refractivity contribution in [1.29, 1.82) is 0 Å². The molecule has 2 N–H and O–H groups in total. The SMILES string of the molecule is COc1ccc2c(c1)c(CC(O)(O)N(C)C)cn2C(=O)OCOC=O. The quantitative estimate of drug-likeness (QED) is 0.421. The van der Waals surface area contributed by atoms with Crippen LogP contribution in [0.5, 0.6) is 5.75 Å². The molecule has 1 aromatic heterocycles. The molecule has 1 aromatic carbocycles. The number of hydrogen-bond donors (Lipinski definition) is 2. The number of benzene rings is 1. The third-order valence-electron chi connectivity index (χ3n) is 3.75. The van der Waals surface area contributed by atoms with Gasteiger partial charge < -0.3 is 24.4 Å². The summed E-state index contributed by atoms with van der Waals surface area (Å²) in [7, 11) is 4.54. The number of fused-ring (bicyclic) bond motifs is 1. The van der Waals surface area contributed by atoms with Crippen molar-refractivity contribution in [2.24, 2.45) is 0 Å². The highest BCUT2D eigenvalue weighted by Crippen LogP contribution is 2.29. The predicted molar refractivity (Wildman–Crippen MR) is 86.9 cm³/mol. The number of carbonyl (C=O) groups is 2. The first-order valence-electron chi connectivity index (χ1n) is 7.32. The topological polar surface area (TPSA) is 110 Å². The van der Waals surface area contributed by atoms with Crippen LogP contribution in [0.25, 0.3) is 10.9 Å². The summed E-state index contributed by atoms with van der Waals surface area (Å²) in [5, 5.41) is 20.8. The molecule has 9 nitrogen and oxygen atoms in total. The number of aromatic nitrogens is 1. The van der Waals surface area contributed by atoms with Crippen molar-refractivity contribution in [1.82, 2.24) is 9.47 Å². The fourth-order valence-electron chi connectivity index (χ4n) is 2.29. The Morgan fingerprint density at radius 1 is 1.36 bits per heavy atom. The number of methoxy groups -OCH3 is 1. The Labute approximate surface area is 143 Å². The highest BCUT2D eigenvalue weighted by Gasteiger charge is 2.29. The van der Waals surface area contributed by atoms with Gasteiger partial charge in [0.1, 0.15) is 5.75 Å². The zero-order valence-corrected chi connectivity index (χ0v) is 14.1. The van der Waals surface area contributed by atoms with Crippen LogP contribution in [0.15, 0.2) is 24.4 Å². The lowest BCUT2D eigenvalue weighted by Crippen LogP contribution is -2.45. The normalized spacial score (nSPS) is 11.6. The van der Waals surface area contributed by atoms with Crippen LogP contribution in [0.1, 0.15) is 5.56 Å². The molecule has 25 heavy (non-hydrogen) atoms. The minimum Gasteiger partial charge on any atom is -0.497 e. The molecule has 0 aliphatic heterocycles. The van der Waals surface area contributed by atoms with E-state index in [9.17, 15) is 19.8 Å². The molecule has 1 heterocycles. The Morgan fingerprint density at radius 2 is 2.08 bits per heavy atom. The van der Waals surface area contributed by atoms with Gasteiger partial charge in [0.2, 0.25) is 12.7 Å². The van der Waals surface area contributed by atoms with E-state index >= 15 is 0 Å². The van der Waals surface area contributed by atoms with Crippen molar-refractivity contribution < 1.29 is 34.0 Å². The van der Waals surface area contributed by atoms with E-state index in [1.807, 2.05) is 0 Å². The third kappa shape index (κ3) is 4.08. The predicted octanol–water partition coefficient (Wildman–Crippen LogP) is 0.508. The average molecular weight is 352 g/mol. The van der Waals surface area contributed by atoms with Crippen LogP contribution in [0.4, 0.5) is 4.79 Å². The van der Waals surface area contributed by atoms with Crippen LogP contribution in [0, 0.1) is 0 Å². The Hall–Kier alpha value is -2.62. The Balaban J connectivity index is 2.46. The maximum absolute atomic E-state index is 12.2. The number of rotatable bonds is 7. The fourth-order valence-corrected chi connectivity index (χ4v) is 2.29. The number of carbonyl (C=O) groups excluding carboxylic acids is 2. The molecule has 0 amide bonds. The average Bonchev–Trinajstić information content (AvgIpc) is 2.92. The van der Waals surface area contributed by atoms with Crippen LogP contribution in [0.2, 0.25) is 0 Å². The number of nitrogens with zero attached hydrogens (tertiary/aromatic N) is 2. The van der Waals surface area contributed by atoms with E-state index in [1.54, 1.807) is 18.2 Å². The van der Waals surface area contributed by atoms with Gasteiger partial charge >= 0.3 is 6.09 Å². The maximum atomic E-state index is 12.2. The third-order valence-corrected chi connectivity index (χ3v) is 3.75. The molecule has 0 saturated carbocycles. The summed E-state index contributed by atoms with van der Waals surface area (Å²) in [4.78, 5) is 23.6. The first-order chi connectivity index (χ1) is 11.8. The lowest BCUT2D eigenvalue weighted by atomic mass is 10.1. The van der Waals surface area contributed by atoms with E-state index in [0.717, 1.165) is 0 Å². The first kappa shape index (κ1) is 18.7. The molecular formula is C16H20N2O7. The summed E-state index contributed by atoms with van der Waals surface area (Å²) in [6.45, 7) is -0.352. The lowest BCUT2D eigenvalue weighted by Gasteiger charge is -2.28. The van der Waals surface area contributed by atoms with E-state index in [1.165, 1.54) is 36.9 Å². The molecule has 0 unspecified atom stereocenters. The van der Waals surface area contributed by atoms with E-state index < -0.39 is 18.8 Å². The van der Waals surface area contributed by atoms with Crippen LogP contribution >= 0.6 is 0 Å². The molecule has 9 heteroatoms. The largest absolute Gasteiger partial charge is 0.497 e. The maximum Gasteiger partial charge on any atom is 0.421 e. The van der Waals surface area contributed by atoms with Gasteiger partial charge in [-0.1, -0.05) is 0 Å². The molecule has 0 aliphatic rings. The Bertz CT molecular complexity index is 767. The lowest BCUT2D eigenvalue weighted by molar-refractivity contribution is -0.247. The number of aliphatic hydroxyl groups is 2. The second-order valence-electron chi connectivity index (χ2n) is 5.54. The van der Waals surface area contributed by atoms with Gasteiger partial charge in [-0.25, -0.2) is 4.79 Å². The molecular weight excluding hydrogens is 332 g/mol. The van der Waals surface area contributed by atoms with Crippen LogP contribution in [-0.2, 0) is 20.7 Å². The number of hydrogen-bond acceptors (Lipinski definition) is 8. The second-order valence-corrected chi connectivity index (χ2v) is 5.54. The number of ether oxygens (including phenoxy) is 3. The molecule has 2 aromatic rings. The summed E-state index contributed by atoms with van der Waals surface area (Å²) < 4.78 is 15.6. The summed E-state index contributed by atoms with van der Waals surface area (Å²) in [5.41, 5.74) is 0.988. The second kappa shape index (κ2) is 7.51. The molecule has 136 valence electrons. The molecule has 0 fully saturated rings. The van der Waals surface area contributed by atoms with Crippen molar-refractivity contribution in [3.05, 3.63) is 30.0 Å². The van der Waals surface area contributed by atoms with Gasteiger partial charge in [0, 0.05) is 18.0 Å². The van der Waals surface area contributed by atoms with Crippen molar-refractivity contribution >= 4 is 23.5 Å². The van der Waals surface area contributed by atoms with Crippen molar-refractivity contribution in [2.45, 2.75) is 12.3 Å². The minimum atomic E-state index is -2.10. The Kier molecular flexibility index (Phi) is 5.62. The molecule has 0 atom stereocenters. The molecule has 0 saturated heterocycles. The highest BCUT2D eigenvalue weighted by atomic mass is 16.7. The molecule has 0 aliphatic carbocycles. The Morgan fingerprint density at radius 3 is 2.68 bits per heavy atom. The van der Waals surface area contributed by atoms with Gasteiger partial charge in [0.05, 0.1) is 12.6 Å². The van der Waals surface area contributed by atoms with Gasteiger partial charge in [-0.2, -0.15) is 0 Å². The van der Waals surface area contributed by atoms with Gasteiger partial charge in [-0.3, -0.25) is 14.3 Å². The molecule has 2 rings (SSSR count). The van der Waals surface area contributed by atoms with E-state index in [0.29, 0.717) is 22.2 Å². The van der Waals surface area contributed by atoms with Crippen LogP contribution in [-0.4, -0.2) is 66.2 Å². The van der Waals surface area contributed by atoms with Crippen LogP contribution < -0.4 is 4.74 Å². The standard InChI is InChI=1S/C16H20N2O7/c1-17(2)16(21,22)7-11-8-18(15(20)25-10-24-9-19)14-5-4-12(23-3)6-13(11)14/h4-6,8-9,21-22H,7,10H2,1-3H3. The van der Waals surface area contributed by atoms with Gasteiger partial charge in [-0.05, 0) is 37.9 Å². The van der Waals surface area contributed by atoms with Crippen LogP contribution in [0.3, 0.4) is 0 Å². The van der Waals surface area contributed by atoms with Crippen molar-refractivity contribution in [3.8, 4) is 5.75 Å². The molecule has 0 bridgehead atoms. The number of likely N-dealkylation sites (N-methyl/N-ethyl adjacent to an activating group) is 1. The van der Waals surface area contributed by atoms with E-state index in [-0.39, 0.29) is 12.9 Å². The first-order valence-corrected chi connectivity index (χ1v) is 7.32.